The summed E-state index contributed by atoms with van der Waals surface area (Å²) < 4.78 is 0. The first-order valence-electron chi connectivity index (χ1n) is 26.5. The summed E-state index contributed by atoms with van der Waals surface area (Å²) in [4.78, 5) is 2.38. The van der Waals surface area contributed by atoms with Crippen molar-refractivity contribution in [2.45, 2.75) is 0 Å². The Balaban J connectivity index is 0.893. The molecular formula is C76H51N. The van der Waals surface area contributed by atoms with E-state index in [4.69, 9.17) is 0 Å². The van der Waals surface area contributed by atoms with Crippen molar-refractivity contribution in [3.05, 3.63) is 309 Å². The number of benzene rings is 14. The Bertz CT molecular complexity index is 4200. The van der Waals surface area contributed by atoms with Crippen LogP contribution in [0.15, 0.2) is 309 Å². The standard InChI is InChI=1S/C76H51N/c1-3-17-52(18-4-1)57-23-15-25-59(45-57)54-33-39-66(40-34-54)77(67-41-35-55(36-42-67)60-26-16-24-58(46-60)53-19-5-2-6-20-53)68-43-37-56(38-44-68)63-47-64(75-50-61-21-7-9-27-69(61)71-29-11-13-31-73(71)75)49-65(48-63)76-51-62-22-8-10-28-70(62)72-30-12-14-32-74(72)76/h1-51H. The van der Waals surface area contributed by atoms with E-state index in [-0.39, 0.29) is 0 Å². The Morgan fingerprint density at radius 2 is 0.429 bits per heavy atom. The highest BCUT2D eigenvalue weighted by Crippen LogP contribution is 2.44. The van der Waals surface area contributed by atoms with Crippen molar-refractivity contribution >= 4 is 60.2 Å². The van der Waals surface area contributed by atoms with Crippen LogP contribution >= 0.6 is 0 Å². The van der Waals surface area contributed by atoms with Gasteiger partial charge in [-0.25, -0.2) is 0 Å². The monoisotopic (exact) mass is 977 g/mol. The molecular weight excluding hydrogens is 927 g/mol. The Hall–Kier alpha value is -10.1. The first kappa shape index (κ1) is 45.5. The molecule has 14 aromatic rings. The van der Waals surface area contributed by atoms with Crippen LogP contribution in [0.3, 0.4) is 0 Å². The van der Waals surface area contributed by atoms with E-state index in [0.29, 0.717) is 0 Å². The van der Waals surface area contributed by atoms with Crippen LogP contribution in [-0.2, 0) is 0 Å². The quantitative estimate of drug-likeness (QED) is 0.123. The minimum absolute atomic E-state index is 1.07. The molecule has 1 nitrogen and oxygen atoms in total. The summed E-state index contributed by atoms with van der Waals surface area (Å²) in [5.74, 6) is 0. The summed E-state index contributed by atoms with van der Waals surface area (Å²) >= 11 is 0. The lowest BCUT2D eigenvalue weighted by Gasteiger charge is -2.26. The molecule has 14 rings (SSSR count). The number of hydrogen-bond acceptors (Lipinski definition) is 1. The molecule has 0 unspecified atom stereocenters. The normalized spacial score (nSPS) is 11.4. The molecule has 0 saturated carbocycles. The minimum Gasteiger partial charge on any atom is -0.311 e. The predicted octanol–water partition coefficient (Wildman–Crippen LogP) is 21.4. The van der Waals surface area contributed by atoms with E-state index in [1.54, 1.807) is 0 Å². The average Bonchev–Trinajstić information content (AvgIpc) is 3.53. The zero-order chi connectivity index (χ0) is 51.1. The van der Waals surface area contributed by atoms with Crippen LogP contribution in [0.2, 0.25) is 0 Å². The number of fused-ring (bicyclic) bond motifs is 6. The van der Waals surface area contributed by atoms with Crippen LogP contribution in [0.4, 0.5) is 17.1 Å². The highest BCUT2D eigenvalue weighted by atomic mass is 15.1. The van der Waals surface area contributed by atoms with Crippen LogP contribution < -0.4 is 4.90 Å². The van der Waals surface area contributed by atoms with Crippen molar-refractivity contribution in [2.75, 3.05) is 4.90 Å². The van der Waals surface area contributed by atoms with Gasteiger partial charge in [0.2, 0.25) is 0 Å². The molecule has 77 heavy (non-hydrogen) atoms. The SMILES string of the molecule is c1ccc(-c2cccc(-c3ccc(N(c4ccc(-c5cccc(-c6ccccc6)c5)cc4)c4ccc(-c5cc(-c6cc7ccccc7c7ccccc67)cc(-c6cc7ccccc7c7ccccc67)c5)cc4)cc3)c2)cc1. The van der Waals surface area contributed by atoms with Gasteiger partial charge in [-0.2, -0.15) is 0 Å². The number of rotatable bonds is 10. The van der Waals surface area contributed by atoms with Crippen LogP contribution in [0.1, 0.15) is 0 Å². The van der Waals surface area contributed by atoms with Gasteiger partial charge in [0, 0.05) is 17.1 Å². The zero-order valence-electron chi connectivity index (χ0n) is 42.4. The number of nitrogens with zero attached hydrogens (tertiary/aromatic N) is 1. The fourth-order valence-electron chi connectivity index (χ4n) is 11.6. The molecule has 0 heterocycles. The number of hydrogen-bond donors (Lipinski definition) is 0. The first-order chi connectivity index (χ1) is 38.1. The third-order valence-electron chi connectivity index (χ3n) is 15.4. The topological polar surface area (TPSA) is 3.24 Å². The van der Waals surface area contributed by atoms with Crippen molar-refractivity contribution in [1.82, 2.24) is 0 Å². The van der Waals surface area contributed by atoms with Gasteiger partial charge >= 0.3 is 0 Å². The number of anilines is 3. The molecule has 0 spiro atoms. The Morgan fingerprint density at radius 3 is 0.818 bits per heavy atom. The molecule has 0 atom stereocenters. The third-order valence-corrected chi connectivity index (χ3v) is 15.4. The van der Waals surface area contributed by atoms with Gasteiger partial charge in [-0.1, -0.05) is 231 Å². The average molecular weight is 978 g/mol. The second-order valence-electron chi connectivity index (χ2n) is 20.1. The predicted molar refractivity (Wildman–Crippen MR) is 329 cm³/mol. The van der Waals surface area contributed by atoms with Gasteiger partial charge in [-0.3, -0.25) is 0 Å². The second kappa shape index (κ2) is 19.6. The molecule has 14 aromatic carbocycles. The lowest BCUT2D eigenvalue weighted by molar-refractivity contribution is 1.28. The van der Waals surface area contributed by atoms with Crippen molar-refractivity contribution in [2.24, 2.45) is 0 Å². The van der Waals surface area contributed by atoms with E-state index in [0.717, 1.165) is 28.2 Å². The van der Waals surface area contributed by atoms with Gasteiger partial charge in [0.05, 0.1) is 0 Å². The van der Waals surface area contributed by atoms with Crippen LogP contribution in [0.25, 0.3) is 121 Å². The Labute approximate surface area is 449 Å². The van der Waals surface area contributed by atoms with Crippen molar-refractivity contribution < 1.29 is 0 Å². The summed E-state index contributed by atoms with van der Waals surface area (Å²) in [5, 5.41) is 10.0. The van der Waals surface area contributed by atoms with E-state index in [2.05, 4.69) is 314 Å². The van der Waals surface area contributed by atoms with Crippen LogP contribution in [0, 0.1) is 0 Å². The van der Waals surface area contributed by atoms with E-state index in [9.17, 15) is 0 Å². The molecule has 1 heteroatoms. The van der Waals surface area contributed by atoms with Crippen molar-refractivity contribution in [3.63, 3.8) is 0 Å². The zero-order valence-corrected chi connectivity index (χ0v) is 42.4. The largest absolute Gasteiger partial charge is 0.311 e. The van der Waals surface area contributed by atoms with Crippen LogP contribution in [-0.4, -0.2) is 0 Å². The Kier molecular flexibility index (Phi) is 11.6. The molecule has 0 aliphatic heterocycles. The summed E-state index contributed by atoms with van der Waals surface area (Å²) in [5.41, 5.74) is 19.9. The highest BCUT2D eigenvalue weighted by Gasteiger charge is 2.18. The van der Waals surface area contributed by atoms with Crippen LogP contribution in [0.5, 0.6) is 0 Å². The van der Waals surface area contributed by atoms with Gasteiger partial charge in [-0.05, 0) is 200 Å². The fraction of sp³-hybridized carbons (Fsp3) is 0. The van der Waals surface area contributed by atoms with E-state index in [1.807, 2.05) is 0 Å². The molecule has 0 aromatic heterocycles. The third kappa shape index (κ3) is 8.70. The molecule has 0 aliphatic rings. The smallest absolute Gasteiger partial charge is 0.0462 e. The van der Waals surface area contributed by atoms with Gasteiger partial charge < -0.3 is 4.90 Å². The molecule has 0 bridgehead atoms. The molecule has 0 radical (unpaired) electrons. The summed E-state index contributed by atoms with van der Waals surface area (Å²) in [6, 6.07) is 113. The lowest BCUT2D eigenvalue weighted by atomic mass is 9.87. The van der Waals surface area contributed by atoms with E-state index in [1.165, 1.54) is 110 Å². The maximum absolute atomic E-state index is 2.41. The van der Waals surface area contributed by atoms with Gasteiger partial charge in [0.15, 0.2) is 0 Å². The first-order valence-corrected chi connectivity index (χ1v) is 26.5. The molecule has 0 fully saturated rings. The van der Waals surface area contributed by atoms with E-state index < -0.39 is 0 Å². The Morgan fingerprint density at radius 1 is 0.156 bits per heavy atom. The van der Waals surface area contributed by atoms with Crippen molar-refractivity contribution in [3.8, 4) is 77.9 Å². The maximum atomic E-state index is 2.41. The molecule has 0 amide bonds. The summed E-state index contributed by atoms with van der Waals surface area (Å²) in [6.07, 6.45) is 0. The highest BCUT2D eigenvalue weighted by molar-refractivity contribution is 6.16. The van der Waals surface area contributed by atoms with Crippen molar-refractivity contribution in [1.29, 1.82) is 0 Å². The minimum atomic E-state index is 1.07. The van der Waals surface area contributed by atoms with Gasteiger partial charge in [0.1, 0.15) is 0 Å². The molecule has 0 aliphatic carbocycles. The maximum Gasteiger partial charge on any atom is 0.0462 e. The van der Waals surface area contributed by atoms with Gasteiger partial charge in [0.25, 0.3) is 0 Å². The molecule has 360 valence electrons. The lowest BCUT2D eigenvalue weighted by Crippen LogP contribution is -2.09. The van der Waals surface area contributed by atoms with Gasteiger partial charge in [-0.15, -0.1) is 0 Å². The second-order valence-corrected chi connectivity index (χ2v) is 20.1. The molecule has 0 saturated heterocycles. The fourth-order valence-corrected chi connectivity index (χ4v) is 11.6. The summed E-state index contributed by atoms with van der Waals surface area (Å²) in [7, 11) is 0. The summed E-state index contributed by atoms with van der Waals surface area (Å²) in [6.45, 7) is 0. The van der Waals surface area contributed by atoms with E-state index >= 15 is 0 Å². The molecule has 0 N–H and O–H groups in total.